The molecule has 1 saturated heterocycles. The molecule has 0 N–H and O–H groups in total. The summed E-state index contributed by atoms with van der Waals surface area (Å²) in [5, 5.41) is 0.713. The second-order valence-electron chi connectivity index (χ2n) is 6.56. The van der Waals surface area contributed by atoms with Gasteiger partial charge in [0.2, 0.25) is 10.0 Å². The monoisotopic (exact) mass is 417 g/mol. The molecule has 2 aromatic carbocycles. The number of sulfonamides is 1. The van der Waals surface area contributed by atoms with Crippen molar-refractivity contribution in [3.63, 3.8) is 0 Å². The molecule has 28 heavy (non-hydrogen) atoms. The Kier molecular flexibility index (Phi) is 6.53. The highest BCUT2D eigenvalue weighted by Crippen LogP contribution is 2.22. The lowest BCUT2D eigenvalue weighted by molar-refractivity contribution is 0.0848. The lowest BCUT2D eigenvalue weighted by Crippen LogP contribution is -2.39. The highest BCUT2D eigenvalue weighted by atomic mass is 32.2. The van der Waals surface area contributed by atoms with Gasteiger partial charge in [0, 0.05) is 32.0 Å². The molecule has 0 spiro atoms. The lowest BCUT2D eigenvalue weighted by Gasteiger charge is -2.28. The number of thioether (sulfide) groups is 1. The average Bonchev–Trinajstić information content (AvgIpc) is 2.72. The van der Waals surface area contributed by atoms with Gasteiger partial charge in [-0.2, -0.15) is 0 Å². The summed E-state index contributed by atoms with van der Waals surface area (Å²) in [5.41, 5.74) is 1.54. The summed E-state index contributed by atoms with van der Waals surface area (Å²) in [5.74, 6) is 0.769. The van der Waals surface area contributed by atoms with E-state index in [2.05, 4.69) is 4.99 Å². The summed E-state index contributed by atoms with van der Waals surface area (Å²) in [7, 11) is -0.552. The highest BCUT2D eigenvalue weighted by molar-refractivity contribution is 8.13. The Morgan fingerprint density at radius 3 is 2.43 bits per heavy atom. The second kappa shape index (κ2) is 8.89. The molecule has 1 aliphatic rings. The van der Waals surface area contributed by atoms with Crippen LogP contribution in [0.1, 0.15) is 22.3 Å². The lowest BCUT2D eigenvalue weighted by atomic mass is 10.2. The quantitative estimate of drug-likeness (QED) is 0.750. The van der Waals surface area contributed by atoms with E-state index in [9.17, 15) is 13.2 Å². The molecule has 0 atom stereocenters. The molecule has 0 bridgehead atoms. The molecule has 6 nitrogen and oxygen atoms in total. The maximum Gasteiger partial charge on any atom is 0.259 e. The van der Waals surface area contributed by atoms with Gasteiger partial charge in [0.1, 0.15) is 0 Å². The van der Waals surface area contributed by atoms with Crippen LogP contribution in [0.2, 0.25) is 0 Å². The predicted molar refractivity (Wildman–Crippen MR) is 113 cm³/mol. The molecule has 2 aromatic rings. The molecule has 1 fully saturated rings. The van der Waals surface area contributed by atoms with E-state index in [0.29, 0.717) is 23.8 Å². The molecule has 3 rings (SSSR count). The minimum atomic E-state index is -3.51. The Hall–Kier alpha value is -2.16. The Labute approximate surface area is 170 Å². The maximum atomic E-state index is 13.0. The van der Waals surface area contributed by atoms with E-state index in [0.717, 1.165) is 22.0 Å². The van der Waals surface area contributed by atoms with Crippen molar-refractivity contribution in [2.75, 3.05) is 26.4 Å². The number of aliphatic imine (C=N–C) groups is 1. The number of carbonyl (C=O) groups excluding carboxylic acids is 1. The Bertz CT molecular complexity index is 956. The van der Waals surface area contributed by atoms with Crippen LogP contribution in [0.15, 0.2) is 64.5 Å². The van der Waals surface area contributed by atoms with Gasteiger partial charge in [-0.05, 0) is 36.2 Å². The van der Waals surface area contributed by atoms with E-state index >= 15 is 0 Å². The molecular formula is C20H23N3O3S2. The van der Waals surface area contributed by atoms with Crippen LogP contribution < -0.4 is 0 Å². The highest BCUT2D eigenvalue weighted by Gasteiger charge is 2.25. The smallest absolute Gasteiger partial charge is 0.259 e. The summed E-state index contributed by atoms with van der Waals surface area (Å²) < 4.78 is 25.5. The summed E-state index contributed by atoms with van der Waals surface area (Å²) >= 11 is 1.58. The average molecular weight is 418 g/mol. The van der Waals surface area contributed by atoms with E-state index < -0.39 is 10.0 Å². The standard InChI is InChI=1S/C20H23N3O3S2/c1-22(2)28(25,26)18-11-9-17(10-12-18)19(24)23-13-6-14-27-20(23)21-15-16-7-4-3-5-8-16/h3-5,7-12H,6,13-15H2,1-2H3. The molecule has 1 aliphatic heterocycles. The topological polar surface area (TPSA) is 70.1 Å². The Morgan fingerprint density at radius 1 is 1.11 bits per heavy atom. The first-order valence-corrected chi connectivity index (χ1v) is 11.4. The molecule has 148 valence electrons. The summed E-state index contributed by atoms with van der Waals surface area (Å²) in [6, 6.07) is 16.0. The van der Waals surface area contributed by atoms with Gasteiger partial charge in [-0.15, -0.1) is 0 Å². The Morgan fingerprint density at radius 2 is 1.79 bits per heavy atom. The van der Waals surface area contributed by atoms with Gasteiger partial charge in [-0.1, -0.05) is 42.1 Å². The van der Waals surface area contributed by atoms with Crippen molar-refractivity contribution in [2.24, 2.45) is 4.99 Å². The zero-order valence-electron chi connectivity index (χ0n) is 15.9. The Balaban J connectivity index is 1.79. The van der Waals surface area contributed by atoms with Crippen LogP contribution in [-0.4, -0.2) is 55.1 Å². The van der Waals surface area contributed by atoms with Gasteiger partial charge >= 0.3 is 0 Å². The van der Waals surface area contributed by atoms with Crippen LogP contribution in [0, 0.1) is 0 Å². The zero-order chi connectivity index (χ0) is 20.1. The van der Waals surface area contributed by atoms with Crippen molar-refractivity contribution < 1.29 is 13.2 Å². The fraction of sp³-hybridized carbons (Fsp3) is 0.300. The van der Waals surface area contributed by atoms with Crippen molar-refractivity contribution in [1.82, 2.24) is 9.21 Å². The minimum absolute atomic E-state index is 0.159. The maximum absolute atomic E-state index is 13.0. The van der Waals surface area contributed by atoms with E-state index in [1.54, 1.807) is 28.8 Å². The first kappa shape index (κ1) is 20.6. The number of benzene rings is 2. The van der Waals surface area contributed by atoms with Gasteiger partial charge in [-0.25, -0.2) is 12.7 Å². The van der Waals surface area contributed by atoms with E-state index in [1.807, 2.05) is 30.3 Å². The first-order valence-electron chi connectivity index (χ1n) is 8.95. The molecule has 0 aromatic heterocycles. The van der Waals surface area contributed by atoms with Crippen molar-refractivity contribution in [3.05, 3.63) is 65.7 Å². The molecular weight excluding hydrogens is 394 g/mol. The molecule has 8 heteroatoms. The fourth-order valence-corrected chi connectivity index (χ4v) is 4.60. The molecule has 1 heterocycles. The number of hydrogen-bond donors (Lipinski definition) is 0. The van der Waals surface area contributed by atoms with Gasteiger partial charge < -0.3 is 0 Å². The fourth-order valence-electron chi connectivity index (χ4n) is 2.76. The van der Waals surface area contributed by atoms with E-state index in [4.69, 9.17) is 0 Å². The van der Waals surface area contributed by atoms with E-state index in [1.165, 1.54) is 26.2 Å². The summed E-state index contributed by atoms with van der Waals surface area (Å²) in [4.78, 5) is 19.5. The molecule has 1 amide bonds. The number of hydrogen-bond acceptors (Lipinski definition) is 5. The number of carbonyl (C=O) groups is 1. The molecule has 0 aliphatic carbocycles. The minimum Gasteiger partial charge on any atom is -0.287 e. The summed E-state index contributed by atoms with van der Waals surface area (Å²) in [6.07, 6.45) is 0.897. The molecule has 0 saturated carbocycles. The van der Waals surface area contributed by atoms with Crippen LogP contribution in [0.5, 0.6) is 0 Å². The van der Waals surface area contributed by atoms with Crippen LogP contribution in [0.4, 0.5) is 0 Å². The van der Waals surface area contributed by atoms with Crippen molar-refractivity contribution in [2.45, 2.75) is 17.9 Å². The van der Waals surface area contributed by atoms with Crippen LogP contribution in [-0.2, 0) is 16.6 Å². The van der Waals surface area contributed by atoms with Gasteiger partial charge in [-0.3, -0.25) is 14.7 Å². The van der Waals surface area contributed by atoms with Crippen molar-refractivity contribution in [3.8, 4) is 0 Å². The number of amidine groups is 1. The van der Waals surface area contributed by atoms with Crippen molar-refractivity contribution >= 4 is 32.9 Å². The van der Waals surface area contributed by atoms with Gasteiger partial charge in [0.15, 0.2) is 5.17 Å². The van der Waals surface area contributed by atoms with Crippen LogP contribution in [0.25, 0.3) is 0 Å². The third-order valence-corrected chi connectivity index (χ3v) is 7.28. The second-order valence-corrected chi connectivity index (χ2v) is 9.77. The third kappa shape index (κ3) is 4.63. The predicted octanol–water partition coefficient (Wildman–Crippen LogP) is 3.07. The third-order valence-electron chi connectivity index (χ3n) is 4.35. The zero-order valence-corrected chi connectivity index (χ0v) is 17.5. The normalized spacial score (nSPS) is 16.5. The van der Waals surface area contributed by atoms with Crippen molar-refractivity contribution in [1.29, 1.82) is 0 Å². The van der Waals surface area contributed by atoms with Gasteiger partial charge in [0.05, 0.1) is 11.4 Å². The largest absolute Gasteiger partial charge is 0.287 e. The van der Waals surface area contributed by atoms with Gasteiger partial charge in [0.25, 0.3) is 5.91 Å². The number of rotatable bonds is 5. The first-order chi connectivity index (χ1) is 13.4. The van der Waals surface area contributed by atoms with Crippen LogP contribution >= 0.6 is 11.8 Å². The number of amides is 1. The molecule has 0 unspecified atom stereocenters. The van der Waals surface area contributed by atoms with Crippen LogP contribution in [0.3, 0.4) is 0 Å². The SMILES string of the molecule is CN(C)S(=O)(=O)c1ccc(C(=O)N2CCCSC2=NCc2ccccc2)cc1. The number of nitrogens with zero attached hydrogens (tertiary/aromatic N) is 3. The molecule has 0 radical (unpaired) electrons. The summed E-state index contributed by atoms with van der Waals surface area (Å²) in [6.45, 7) is 1.13. The van der Waals surface area contributed by atoms with E-state index in [-0.39, 0.29) is 10.8 Å².